The third-order valence-electron chi connectivity index (χ3n) is 3.93. The second kappa shape index (κ2) is 7.94. The molecule has 136 valence electrons. The van der Waals surface area contributed by atoms with Crippen molar-refractivity contribution in [2.24, 2.45) is 4.99 Å². The van der Waals surface area contributed by atoms with Crippen LogP contribution in [0.25, 0.3) is 17.0 Å². The lowest BCUT2D eigenvalue weighted by atomic mass is 10.1. The smallest absolute Gasteiger partial charge is 0.264 e. The average molecular weight is 396 g/mol. The molecule has 1 aliphatic heterocycles. The normalized spacial score (nSPS) is 17.0. The molecule has 1 aliphatic rings. The molecule has 1 aromatic carbocycles. The first-order chi connectivity index (χ1) is 13.2. The molecule has 0 aliphatic carbocycles. The van der Waals surface area contributed by atoms with Gasteiger partial charge in [-0.05, 0) is 60.0 Å². The monoisotopic (exact) mass is 395 g/mol. The van der Waals surface area contributed by atoms with Gasteiger partial charge in [-0.3, -0.25) is 14.8 Å². The summed E-state index contributed by atoms with van der Waals surface area (Å²) in [7, 11) is 0. The van der Waals surface area contributed by atoms with E-state index in [4.69, 9.17) is 4.74 Å². The number of nitrogens with zero attached hydrogens (tertiary/aromatic N) is 2. The molecule has 1 amide bonds. The molecule has 1 N–H and O–H groups in total. The maximum atomic E-state index is 12.3. The van der Waals surface area contributed by atoms with E-state index in [1.54, 1.807) is 17.5 Å². The molecule has 2 aromatic heterocycles. The van der Waals surface area contributed by atoms with Gasteiger partial charge in [-0.1, -0.05) is 12.1 Å². The van der Waals surface area contributed by atoms with Gasteiger partial charge in [0.2, 0.25) is 0 Å². The van der Waals surface area contributed by atoms with Crippen molar-refractivity contribution < 1.29 is 9.53 Å². The molecule has 0 radical (unpaired) electrons. The Morgan fingerprint density at radius 2 is 2.22 bits per heavy atom. The number of carbonyl (C=O) groups excluding carboxylic acids is 1. The van der Waals surface area contributed by atoms with E-state index in [-0.39, 0.29) is 5.91 Å². The van der Waals surface area contributed by atoms with Crippen LogP contribution in [0, 0.1) is 0 Å². The minimum atomic E-state index is -0.124. The Hall–Kier alpha value is -2.64. The van der Waals surface area contributed by atoms with Crippen molar-refractivity contribution >= 4 is 51.2 Å². The summed E-state index contributed by atoms with van der Waals surface area (Å²) in [4.78, 5) is 22.9. The van der Waals surface area contributed by atoms with Crippen LogP contribution in [0.5, 0.6) is 5.75 Å². The fourth-order valence-electron chi connectivity index (χ4n) is 2.71. The lowest BCUT2D eigenvalue weighted by Crippen LogP contribution is -2.19. The van der Waals surface area contributed by atoms with E-state index < -0.39 is 0 Å². The number of fused-ring (bicyclic) bond motifs is 1. The van der Waals surface area contributed by atoms with Crippen molar-refractivity contribution in [1.82, 2.24) is 10.3 Å². The van der Waals surface area contributed by atoms with Crippen LogP contribution in [0.2, 0.25) is 0 Å². The molecule has 0 saturated carbocycles. The highest BCUT2D eigenvalue weighted by Crippen LogP contribution is 2.29. The average Bonchev–Trinajstić information content (AvgIpc) is 3.31. The molecule has 4 rings (SSSR count). The van der Waals surface area contributed by atoms with E-state index >= 15 is 0 Å². The van der Waals surface area contributed by atoms with Gasteiger partial charge in [-0.25, -0.2) is 0 Å². The molecule has 7 heteroatoms. The minimum Gasteiger partial charge on any atom is -0.493 e. The Labute approximate surface area is 165 Å². The zero-order chi connectivity index (χ0) is 18.6. The van der Waals surface area contributed by atoms with Gasteiger partial charge in [0.05, 0.1) is 23.6 Å². The number of thioether (sulfide) groups is 1. The first kappa shape index (κ1) is 17.8. The largest absolute Gasteiger partial charge is 0.493 e. The van der Waals surface area contributed by atoms with E-state index in [1.807, 2.05) is 54.8 Å². The zero-order valence-corrected chi connectivity index (χ0v) is 16.3. The zero-order valence-electron chi connectivity index (χ0n) is 14.6. The fourth-order valence-corrected chi connectivity index (χ4v) is 4.16. The van der Waals surface area contributed by atoms with Gasteiger partial charge in [-0.2, -0.15) is 0 Å². The Bertz CT molecular complexity index is 1040. The van der Waals surface area contributed by atoms with Gasteiger partial charge < -0.3 is 10.1 Å². The summed E-state index contributed by atoms with van der Waals surface area (Å²) in [5, 5.41) is 6.42. The predicted molar refractivity (Wildman–Crippen MR) is 112 cm³/mol. The number of ether oxygens (including phenoxy) is 1. The number of thiophene rings is 1. The number of hydrogen-bond acceptors (Lipinski definition) is 6. The van der Waals surface area contributed by atoms with Gasteiger partial charge in [0.1, 0.15) is 5.75 Å². The summed E-state index contributed by atoms with van der Waals surface area (Å²) in [6.45, 7) is 3.12. The number of aromatic nitrogens is 1. The lowest BCUT2D eigenvalue weighted by Gasteiger charge is -2.07. The van der Waals surface area contributed by atoms with Crippen LogP contribution < -0.4 is 10.1 Å². The Morgan fingerprint density at radius 1 is 1.30 bits per heavy atom. The summed E-state index contributed by atoms with van der Waals surface area (Å²) in [6.07, 6.45) is 3.61. The predicted octanol–water partition coefficient (Wildman–Crippen LogP) is 4.46. The van der Waals surface area contributed by atoms with Crippen LogP contribution in [0.15, 0.2) is 57.9 Å². The third kappa shape index (κ3) is 4.04. The highest BCUT2D eigenvalue weighted by molar-refractivity contribution is 8.18. The number of benzene rings is 1. The highest BCUT2D eigenvalue weighted by Gasteiger charge is 2.23. The summed E-state index contributed by atoms with van der Waals surface area (Å²) in [5.74, 6) is 0.672. The van der Waals surface area contributed by atoms with Crippen LogP contribution in [-0.2, 0) is 11.3 Å². The van der Waals surface area contributed by atoms with E-state index in [0.717, 1.165) is 22.2 Å². The molecule has 1 fully saturated rings. The SMILES string of the molecule is CCOc1ccnc2ccc(/C=C3\SC(=NCc4cccs4)NC3=O)cc12. The van der Waals surface area contributed by atoms with E-state index in [9.17, 15) is 4.79 Å². The first-order valence-electron chi connectivity index (χ1n) is 8.52. The van der Waals surface area contributed by atoms with E-state index in [0.29, 0.717) is 23.2 Å². The van der Waals surface area contributed by atoms with Crippen molar-refractivity contribution in [2.45, 2.75) is 13.5 Å². The van der Waals surface area contributed by atoms with Crippen molar-refractivity contribution in [3.8, 4) is 5.75 Å². The quantitative estimate of drug-likeness (QED) is 0.648. The van der Waals surface area contributed by atoms with Crippen LogP contribution in [0.1, 0.15) is 17.4 Å². The molecule has 0 spiro atoms. The van der Waals surface area contributed by atoms with Crippen LogP contribution >= 0.6 is 23.1 Å². The number of carbonyl (C=O) groups is 1. The number of hydrogen-bond donors (Lipinski definition) is 1. The standard InChI is InChI=1S/C20H17N3O2S2/c1-2-25-17-7-8-21-16-6-5-13(10-15(16)17)11-18-19(24)23-20(27-18)22-12-14-4-3-9-26-14/h3-11H,2,12H2,1H3,(H,22,23,24)/b18-11-. The number of amidine groups is 1. The Kier molecular flexibility index (Phi) is 5.22. The molecule has 1 saturated heterocycles. The molecule has 0 atom stereocenters. The van der Waals surface area contributed by atoms with Crippen LogP contribution in [-0.4, -0.2) is 22.7 Å². The van der Waals surface area contributed by atoms with Crippen molar-refractivity contribution in [3.63, 3.8) is 0 Å². The van der Waals surface area contributed by atoms with Crippen molar-refractivity contribution in [3.05, 3.63) is 63.3 Å². The number of aliphatic imine (C=N–C) groups is 1. The second-order valence-corrected chi connectivity index (χ2v) is 7.85. The topological polar surface area (TPSA) is 63.6 Å². The fraction of sp³-hybridized carbons (Fsp3) is 0.150. The number of amides is 1. The lowest BCUT2D eigenvalue weighted by molar-refractivity contribution is -0.115. The second-order valence-electron chi connectivity index (χ2n) is 5.78. The summed E-state index contributed by atoms with van der Waals surface area (Å²) in [5.41, 5.74) is 1.79. The highest BCUT2D eigenvalue weighted by atomic mass is 32.2. The maximum absolute atomic E-state index is 12.3. The summed E-state index contributed by atoms with van der Waals surface area (Å²) >= 11 is 3.02. The summed E-state index contributed by atoms with van der Waals surface area (Å²) < 4.78 is 5.69. The minimum absolute atomic E-state index is 0.124. The van der Waals surface area contributed by atoms with Crippen LogP contribution in [0.3, 0.4) is 0 Å². The molecule has 3 heterocycles. The first-order valence-corrected chi connectivity index (χ1v) is 10.2. The molecule has 5 nitrogen and oxygen atoms in total. The molecular weight excluding hydrogens is 378 g/mol. The van der Waals surface area contributed by atoms with Gasteiger partial charge in [-0.15, -0.1) is 11.3 Å². The van der Waals surface area contributed by atoms with Crippen LogP contribution in [0.4, 0.5) is 0 Å². The molecule has 3 aromatic rings. The Balaban J connectivity index is 1.58. The molecule has 27 heavy (non-hydrogen) atoms. The number of rotatable bonds is 5. The third-order valence-corrected chi connectivity index (χ3v) is 5.74. The van der Waals surface area contributed by atoms with Crippen molar-refractivity contribution in [2.75, 3.05) is 6.61 Å². The van der Waals surface area contributed by atoms with E-state index in [2.05, 4.69) is 15.3 Å². The van der Waals surface area contributed by atoms with Gasteiger partial charge in [0, 0.05) is 16.5 Å². The van der Waals surface area contributed by atoms with Gasteiger partial charge in [0.15, 0.2) is 5.17 Å². The van der Waals surface area contributed by atoms with Gasteiger partial charge >= 0.3 is 0 Å². The molecular formula is C20H17N3O2S2. The number of pyridine rings is 1. The summed E-state index contributed by atoms with van der Waals surface area (Å²) in [6, 6.07) is 11.8. The van der Waals surface area contributed by atoms with Gasteiger partial charge in [0.25, 0.3) is 5.91 Å². The van der Waals surface area contributed by atoms with E-state index in [1.165, 1.54) is 16.6 Å². The number of nitrogens with one attached hydrogen (secondary N) is 1. The Morgan fingerprint density at radius 3 is 3.04 bits per heavy atom. The molecule has 0 unspecified atom stereocenters. The van der Waals surface area contributed by atoms with Crippen molar-refractivity contribution in [1.29, 1.82) is 0 Å². The molecule has 0 bridgehead atoms. The maximum Gasteiger partial charge on any atom is 0.264 e.